The number of carbonyl (C=O) groups excluding carboxylic acids is 1. The number of carbonyl (C=O) groups is 1. The van der Waals surface area contributed by atoms with Crippen LogP contribution in [0.2, 0.25) is 0 Å². The van der Waals surface area contributed by atoms with Gasteiger partial charge in [-0.2, -0.15) is 4.98 Å². The highest BCUT2D eigenvalue weighted by Gasteiger charge is 2.40. The summed E-state index contributed by atoms with van der Waals surface area (Å²) in [5, 5.41) is 6.00. The van der Waals surface area contributed by atoms with E-state index in [1.165, 1.54) is 21.6 Å². The summed E-state index contributed by atoms with van der Waals surface area (Å²) in [5.74, 6) is 0.965. The van der Waals surface area contributed by atoms with Crippen LogP contribution in [0, 0.1) is 13.8 Å². The van der Waals surface area contributed by atoms with Crippen LogP contribution in [0.5, 0.6) is 0 Å². The van der Waals surface area contributed by atoms with E-state index >= 15 is 0 Å². The number of hydrazine groups is 1. The maximum absolute atomic E-state index is 13.2. The molecule has 2 unspecified atom stereocenters. The van der Waals surface area contributed by atoms with Crippen molar-refractivity contribution in [2.45, 2.75) is 43.8 Å². The molecule has 0 saturated carbocycles. The van der Waals surface area contributed by atoms with Crippen LogP contribution in [0.4, 0.5) is 0 Å². The Hall–Kier alpha value is -3.10. The monoisotopic (exact) mass is 447 g/mol. The van der Waals surface area contributed by atoms with Crippen LogP contribution in [-0.4, -0.2) is 38.3 Å². The summed E-state index contributed by atoms with van der Waals surface area (Å²) in [5.41, 5.74) is 8.07. The van der Waals surface area contributed by atoms with E-state index in [0.717, 1.165) is 5.56 Å². The minimum atomic E-state index is -0.256. The van der Waals surface area contributed by atoms with Gasteiger partial charge in [0.05, 0.1) is 6.04 Å². The lowest BCUT2D eigenvalue weighted by Crippen LogP contribution is -2.47. The lowest BCUT2D eigenvalue weighted by atomic mass is 9.97. The number of nitrogens with zero attached hydrogens (tertiary/aromatic N) is 4. The molecule has 32 heavy (non-hydrogen) atoms. The normalized spacial score (nSPS) is 20.2. The van der Waals surface area contributed by atoms with Gasteiger partial charge in [-0.05, 0) is 67.5 Å². The minimum absolute atomic E-state index is 0.0235. The van der Waals surface area contributed by atoms with Gasteiger partial charge in [-0.15, -0.1) is 11.8 Å². The number of amides is 1. The number of nitrogens with one attached hydrogen (secondary N) is 1. The molecule has 0 spiro atoms. The van der Waals surface area contributed by atoms with Crippen molar-refractivity contribution < 1.29 is 9.32 Å². The second kappa shape index (κ2) is 8.44. The predicted molar refractivity (Wildman–Crippen MR) is 123 cm³/mol. The standard InChI is InChI=1S/C24H25N5O2S/c1-15-4-5-18(12-16(15)2)20-13-21-24(30)28(10-11-29(21)26-20)14-22-25-23(27-31-22)17-6-8-19(32-3)9-7-17/h4-12,20-21,26H,13-14H2,1-3H3. The van der Waals surface area contributed by atoms with E-state index in [1.807, 2.05) is 41.7 Å². The topological polar surface area (TPSA) is 74.5 Å². The molecule has 5 rings (SSSR count). The number of aryl methyl sites for hydroxylation is 2. The van der Waals surface area contributed by atoms with Crippen LogP contribution in [0.15, 0.2) is 64.3 Å². The van der Waals surface area contributed by atoms with Crippen LogP contribution in [0.3, 0.4) is 0 Å². The van der Waals surface area contributed by atoms with Crippen molar-refractivity contribution in [3.63, 3.8) is 0 Å². The molecule has 8 heteroatoms. The number of thioether (sulfide) groups is 1. The summed E-state index contributed by atoms with van der Waals surface area (Å²) in [6.07, 6.45) is 6.42. The third-order valence-corrected chi connectivity index (χ3v) is 6.87. The Balaban J connectivity index is 1.27. The smallest absolute Gasteiger partial charge is 0.251 e. The molecular formula is C24H25N5O2S. The Morgan fingerprint density at radius 2 is 1.94 bits per heavy atom. The van der Waals surface area contributed by atoms with Gasteiger partial charge in [0.1, 0.15) is 12.6 Å². The maximum atomic E-state index is 13.2. The van der Waals surface area contributed by atoms with Crippen molar-refractivity contribution >= 4 is 17.7 Å². The first-order chi connectivity index (χ1) is 15.5. The van der Waals surface area contributed by atoms with Gasteiger partial charge in [0, 0.05) is 22.9 Å². The Bertz CT molecular complexity index is 1170. The van der Waals surface area contributed by atoms with Gasteiger partial charge in [-0.1, -0.05) is 23.4 Å². The van der Waals surface area contributed by atoms with Crippen molar-refractivity contribution in [1.82, 2.24) is 25.5 Å². The number of benzene rings is 2. The molecule has 1 amide bonds. The van der Waals surface area contributed by atoms with Crippen LogP contribution in [0.1, 0.15) is 35.0 Å². The van der Waals surface area contributed by atoms with Crippen LogP contribution in [0.25, 0.3) is 11.4 Å². The molecule has 1 saturated heterocycles. The van der Waals surface area contributed by atoms with Crippen molar-refractivity contribution in [2.75, 3.05) is 6.26 Å². The molecule has 2 aromatic carbocycles. The third kappa shape index (κ3) is 3.91. The van der Waals surface area contributed by atoms with E-state index in [1.54, 1.807) is 22.9 Å². The lowest BCUT2D eigenvalue weighted by Gasteiger charge is -2.30. The number of fused-ring (bicyclic) bond motifs is 1. The first-order valence-electron chi connectivity index (χ1n) is 10.6. The molecule has 1 N–H and O–H groups in total. The van der Waals surface area contributed by atoms with E-state index in [0.29, 0.717) is 18.1 Å². The SMILES string of the molecule is CSc1ccc(-c2noc(CN3C=CN4NC(c5ccc(C)c(C)c5)CC4C3=O)n2)cc1. The average Bonchev–Trinajstić information content (AvgIpc) is 3.45. The molecule has 2 aliphatic heterocycles. The third-order valence-electron chi connectivity index (χ3n) is 6.13. The van der Waals surface area contributed by atoms with Crippen LogP contribution >= 0.6 is 11.8 Å². The molecule has 2 atom stereocenters. The summed E-state index contributed by atoms with van der Waals surface area (Å²) >= 11 is 1.68. The highest BCUT2D eigenvalue weighted by Crippen LogP contribution is 2.32. The summed E-state index contributed by atoms with van der Waals surface area (Å²) in [6.45, 7) is 4.48. The molecule has 2 aliphatic rings. The Kier molecular flexibility index (Phi) is 5.48. The van der Waals surface area contributed by atoms with Gasteiger partial charge < -0.3 is 14.4 Å². The molecule has 1 aromatic heterocycles. The van der Waals surface area contributed by atoms with Gasteiger partial charge in [0.25, 0.3) is 5.91 Å². The van der Waals surface area contributed by atoms with Crippen molar-refractivity contribution in [3.05, 3.63) is 77.4 Å². The highest BCUT2D eigenvalue weighted by atomic mass is 32.2. The summed E-state index contributed by atoms with van der Waals surface area (Å²) in [7, 11) is 0. The molecule has 164 valence electrons. The van der Waals surface area contributed by atoms with Crippen molar-refractivity contribution in [2.24, 2.45) is 0 Å². The summed E-state index contributed by atoms with van der Waals surface area (Å²) in [6, 6.07) is 14.3. The molecule has 3 heterocycles. The van der Waals surface area contributed by atoms with Crippen LogP contribution in [-0.2, 0) is 11.3 Å². The zero-order chi connectivity index (χ0) is 22.2. The highest BCUT2D eigenvalue weighted by molar-refractivity contribution is 7.98. The number of hydrogen-bond acceptors (Lipinski definition) is 7. The van der Waals surface area contributed by atoms with Gasteiger partial charge in [0.2, 0.25) is 11.7 Å². The quantitative estimate of drug-likeness (QED) is 0.587. The molecular weight excluding hydrogens is 422 g/mol. The fourth-order valence-corrected chi connectivity index (χ4v) is 4.50. The second-order valence-corrected chi connectivity index (χ2v) is 9.07. The summed E-state index contributed by atoms with van der Waals surface area (Å²) < 4.78 is 5.43. The van der Waals surface area contributed by atoms with E-state index in [9.17, 15) is 4.79 Å². The minimum Gasteiger partial charge on any atom is -0.337 e. The van der Waals surface area contributed by atoms with E-state index in [2.05, 4.69) is 47.6 Å². The van der Waals surface area contributed by atoms with Crippen LogP contribution < -0.4 is 5.43 Å². The fourth-order valence-electron chi connectivity index (χ4n) is 4.09. The molecule has 0 radical (unpaired) electrons. The lowest BCUT2D eigenvalue weighted by molar-refractivity contribution is -0.135. The first kappa shape index (κ1) is 20.8. The van der Waals surface area contributed by atoms with Gasteiger partial charge in [-0.3, -0.25) is 4.79 Å². The van der Waals surface area contributed by atoms with E-state index < -0.39 is 0 Å². The number of hydrogen-bond donors (Lipinski definition) is 1. The Labute approximate surface area is 191 Å². The van der Waals surface area contributed by atoms with Gasteiger partial charge >= 0.3 is 0 Å². The predicted octanol–water partition coefficient (Wildman–Crippen LogP) is 4.21. The zero-order valence-corrected chi connectivity index (χ0v) is 19.1. The van der Waals surface area contributed by atoms with E-state index in [4.69, 9.17) is 4.52 Å². The Morgan fingerprint density at radius 1 is 1.12 bits per heavy atom. The molecule has 0 aliphatic carbocycles. The Morgan fingerprint density at radius 3 is 2.69 bits per heavy atom. The fraction of sp³-hybridized carbons (Fsp3) is 0.292. The molecule has 7 nitrogen and oxygen atoms in total. The van der Waals surface area contributed by atoms with Crippen molar-refractivity contribution in [1.29, 1.82) is 0 Å². The number of aromatic nitrogens is 2. The van der Waals surface area contributed by atoms with Gasteiger partial charge in [0.15, 0.2) is 0 Å². The van der Waals surface area contributed by atoms with Gasteiger partial charge in [-0.25, -0.2) is 5.43 Å². The molecule has 3 aromatic rings. The zero-order valence-electron chi connectivity index (χ0n) is 18.3. The largest absolute Gasteiger partial charge is 0.337 e. The first-order valence-corrected chi connectivity index (χ1v) is 11.8. The average molecular weight is 448 g/mol. The maximum Gasteiger partial charge on any atom is 0.251 e. The second-order valence-electron chi connectivity index (χ2n) is 8.19. The molecule has 1 fully saturated rings. The summed E-state index contributed by atoms with van der Waals surface area (Å²) in [4.78, 5) is 20.5. The van der Waals surface area contributed by atoms with E-state index in [-0.39, 0.29) is 24.5 Å². The van der Waals surface area contributed by atoms with Crippen molar-refractivity contribution in [3.8, 4) is 11.4 Å². The number of rotatable bonds is 5. The molecule has 0 bridgehead atoms.